The Morgan fingerprint density at radius 1 is 1.10 bits per heavy atom. The Labute approximate surface area is 187 Å². The molecule has 0 unspecified atom stereocenters. The quantitative estimate of drug-likeness (QED) is 0.295. The van der Waals surface area contributed by atoms with Gasteiger partial charge in [-0.1, -0.05) is 35.3 Å². The number of ether oxygens (including phenoxy) is 1. The van der Waals surface area contributed by atoms with E-state index in [1.807, 2.05) is 47.8 Å². The van der Waals surface area contributed by atoms with Crippen LogP contribution in [-0.4, -0.2) is 12.1 Å². The summed E-state index contributed by atoms with van der Waals surface area (Å²) in [4.78, 5) is 4.58. The lowest BCUT2D eigenvalue weighted by molar-refractivity contribution is 0.415. The summed E-state index contributed by atoms with van der Waals surface area (Å²) in [6, 6.07) is 18.6. The van der Waals surface area contributed by atoms with Gasteiger partial charge in [0.05, 0.1) is 17.7 Å². The number of furan rings is 1. The number of aromatic nitrogens is 1. The van der Waals surface area contributed by atoms with Gasteiger partial charge in [-0.25, -0.2) is 4.98 Å². The maximum absolute atomic E-state index is 9.60. The van der Waals surface area contributed by atoms with Gasteiger partial charge < -0.3 is 9.15 Å². The molecule has 0 fully saturated rings. The maximum atomic E-state index is 9.60. The van der Waals surface area contributed by atoms with E-state index in [-0.39, 0.29) is 0 Å². The fraction of sp³-hybridized carbons (Fsp3) is 0.0435. The van der Waals surface area contributed by atoms with Gasteiger partial charge in [0.1, 0.15) is 28.3 Å². The number of methoxy groups -OCH3 is 1. The molecular formula is C23H14Cl2N2O2S. The molecule has 2 heterocycles. The first-order valence-electron chi connectivity index (χ1n) is 8.85. The minimum Gasteiger partial charge on any atom is -0.497 e. The molecule has 2 aromatic carbocycles. The first kappa shape index (κ1) is 20.2. The predicted molar refractivity (Wildman–Crippen MR) is 122 cm³/mol. The lowest BCUT2D eigenvalue weighted by atomic mass is 10.1. The van der Waals surface area contributed by atoms with Gasteiger partial charge in [0.2, 0.25) is 0 Å². The fourth-order valence-electron chi connectivity index (χ4n) is 2.83. The molecule has 4 aromatic rings. The van der Waals surface area contributed by atoms with Crippen molar-refractivity contribution < 1.29 is 9.15 Å². The second-order valence-electron chi connectivity index (χ2n) is 6.27. The second kappa shape index (κ2) is 8.76. The van der Waals surface area contributed by atoms with E-state index in [4.69, 9.17) is 32.4 Å². The number of halogens is 2. The van der Waals surface area contributed by atoms with Crippen LogP contribution in [0.15, 0.2) is 64.4 Å². The Morgan fingerprint density at radius 3 is 2.57 bits per heavy atom. The largest absolute Gasteiger partial charge is 0.497 e. The third-order valence-electron chi connectivity index (χ3n) is 4.34. The van der Waals surface area contributed by atoms with Crippen LogP contribution in [0.1, 0.15) is 10.6 Å². The maximum Gasteiger partial charge on any atom is 0.154 e. The molecule has 0 spiro atoms. The van der Waals surface area contributed by atoms with E-state index in [0.717, 1.165) is 16.9 Å². The van der Waals surface area contributed by atoms with Crippen molar-refractivity contribution in [1.29, 1.82) is 5.26 Å². The summed E-state index contributed by atoms with van der Waals surface area (Å²) >= 11 is 13.6. The third kappa shape index (κ3) is 4.27. The van der Waals surface area contributed by atoms with Crippen molar-refractivity contribution in [3.05, 3.63) is 80.6 Å². The van der Waals surface area contributed by atoms with Crippen molar-refractivity contribution in [3.63, 3.8) is 0 Å². The molecule has 2 aromatic heterocycles. The van der Waals surface area contributed by atoms with Crippen molar-refractivity contribution in [1.82, 2.24) is 4.98 Å². The number of hydrogen-bond acceptors (Lipinski definition) is 5. The molecular weight excluding hydrogens is 439 g/mol. The zero-order valence-corrected chi connectivity index (χ0v) is 18.1. The number of rotatable bonds is 5. The average Bonchev–Trinajstić information content (AvgIpc) is 3.42. The molecule has 0 bridgehead atoms. The molecule has 0 amide bonds. The summed E-state index contributed by atoms with van der Waals surface area (Å²) in [6.45, 7) is 0. The molecule has 30 heavy (non-hydrogen) atoms. The lowest BCUT2D eigenvalue weighted by Crippen LogP contribution is -1.84. The molecule has 0 aliphatic carbocycles. The monoisotopic (exact) mass is 452 g/mol. The number of hydrogen-bond donors (Lipinski definition) is 0. The fourth-order valence-corrected chi connectivity index (χ4v) is 4.11. The molecule has 0 saturated carbocycles. The smallest absolute Gasteiger partial charge is 0.154 e. The van der Waals surface area contributed by atoms with Crippen LogP contribution in [0.5, 0.6) is 5.75 Å². The zero-order chi connectivity index (χ0) is 21.1. The molecule has 0 atom stereocenters. The van der Waals surface area contributed by atoms with E-state index in [1.165, 1.54) is 11.3 Å². The summed E-state index contributed by atoms with van der Waals surface area (Å²) in [7, 11) is 1.61. The summed E-state index contributed by atoms with van der Waals surface area (Å²) in [6.07, 6.45) is 1.79. The highest BCUT2D eigenvalue weighted by molar-refractivity contribution is 7.11. The Kier molecular flexibility index (Phi) is 5.91. The number of benzene rings is 2. The minimum absolute atomic E-state index is 0.476. The van der Waals surface area contributed by atoms with Gasteiger partial charge >= 0.3 is 0 Å². The van der Waals surface area contributed by atoms with E-state index >= 15 is 0 Å². The van der Waals surface area contributed by atoms with Gasteiger partial charge in [-0.05, 0) is 54.1 Å². The first-order valence-corrected chi connectivity index (χ1v) is 10.5. The molecule has 0 radical (unpaired) electrons. The molecule has 0 aliphatic rings. The van der Waals surface area contributed by atoms with Gasteiger partial charge in [0.25, 0.3) is 0 Å². The van der Waals surface area contributed by atoms with Crippen molar-refractivity contribution >= 4 is 46.2 Å². The van der Waals surface area contributed by atoms with Crippen LogP contribution < -0.4 is 4.74 Å². The summed E-state index contributed by atoms with van der Waals surface area (Å²) in [5, 5.41) is 13.2. The Bertz CT molecular complexity index is 1270. The van der Waals surface area contributed by atoms with Crippen LogP contribution in [0, 0.1) is 11.3 Å². The van der Waals surface area contributed by atoms with E-state index in [0.29, 0.717) is 37.8 Å². The lowest BCUT2D eigenvalue weighted by Gasteiger charge is -2.01. The number of allylic oxidation sites excluding steroid dienone is 1. The zero-order valence-electron chi connectivity index (χ0n) is 15.7. The van der Waals surface area contributed by atoms with Crippen LogP contribution in [-0.2, 0) is 0 Å². The first-order chi connectivity index (χ1) is 14.6. The van der Waals surface area contributed by atoms with Gasteiger partial charge in [-0.3, -0.25) is 0 Å². The average molecular weight is 453 g/mol. The van der Waals surface area contributed by atoms with E-state index in [9.17, 15) is 5.26 Å². The molecule has 0 aliphatic heterocycles. The summed E-state index contributed by atoms with van der Waals surface area (Å²) < 4.78 is 11.1. The molecule has 7 heteroatoms. The van der Waals surface area contributed by atoms with Crippen molar-refractivity contribution in [2.45, 2.75) is 0 Å². The standard InChI is InChI=1S/C23H14Cl2N2O2S/c1-28-17-5-2-14(3-6-17)10-15(12-26)23-27-20(13-30-23)22-9-8-21(29-22)18-7-4-16(24)11-19(18)25/h2-11,13H,1H3/b15-10+. The van der Waals surface area contributed by atoms with Crippen molar-refractivity contribution in [2.24, 2.45) is 0 Å². The van der Waals surface area contributed by atoms with Gasteiger partial charge in [0, 0.05) is 16.0 Å². The molecule has 0 saturated heterocycles. The van der Waals surface area contributed by atoms with E-state index < -0.39 is 0 Å². The Balaban J connectivity index is 1.61. The van der Waals surface area contributed by atoms with Crippen LogP contribution >= 0.6 is 34.5 Å². The summed E-state index contributed by atoms with van der Waals surface area (Å²) in [5.74, 6) is 1.98. The SMILES string of the molecule is COc1ccc(/C=C(\C#N)c2nc(-c3ccc(-c4ccc(Cl)cc4Cl)o3)cs2)cc1. The van der Waals surface area contributed by atoms with Gasteiger partial charge in [0.15, 0.2) is 5.76 Å². The van der Waals surface area contributed by atoms with E-state index in [2.05, 4.69) is 11.1 Å². The van der Waals surface area contributed by atoms with Crippen LogP contribution in [0.2, 0.25) is 10.0 Å². The van der Waals surface area contributed by atoms with Gasteiger partial charge in [-0.2, -0.15) is 5.26 Å². The van der Waals surface area contributed by atoms with Crippen LogP contribution in [0.3, 0.4) is 0 Å². The number of nitrogens with zero attached hydrogens (tertiary/aromatic N) is 2. The molecule has 0 N–H and O–H groups in total. The number of thiazole rings is 1. The Morgan fingerprint density at radius 2 is 1.87 bits per heavy atom. The summed E-state index contributed by atoms with van der Waals surface area (Å²) in [5.41, 5.74) is 2.77. The molecule has 4 nitrogen and oxygen atoms in total. The topological polar surface area (TPSA) is 59.0 Å². The molecule has 4 rings (SSSR count). The van der Waals surface area contributed by atoms with Crippen molar-refractivity contribution in [3.8, 4) is 34.6 Å². The molecule has 148 valence electrons. The normalized spacial score (nSPS) is 11.3. The van der Waals surface area contributed by atoms with Crippen LogP contribution in [0.25, 0.3) is 34.4 Å². The highest BCUT2D eigenvalue weighted by atomic mass is 35.5. The van der Waals surface area contributed by atoms with Crippen molar-refractivity contribution in [2.75, 3.05) is 7.11 Å². The van der Waals surface area contributed by atoms with Crippen LogP contribution in [0.4, 0.5) is 0 Å². The highest BCUT2D eigenvalue weighted by Crippen LogP contribution is 2.35. The third-order valence-corrected chi connectivity index (χ3v) is 5.76. The highest BCUT2D eigenvalue weighted by Gasteiger charge is 2.14. The number of nitriles is 1. The predicted octanol–water partition coefficient (Wildman–Crippen LogP) is 7.45. The minimum atomic E-state index is 0.476. The second-order valence-corrected chi connectivity index (χ2v) is 7.97. The van der Waals surface area contributed by atoms with E-state index in [1.54, 1.807) is 25.3 Å². The Hall–Kier alpha value is -3.04. The van der Waals surface area contributed by atoms with Gasteiger partial charge in [-0.15, -0.1) is 11.3 Å².